The van der Waals surface area contributed by atoms with E-state index in [1.807, 2.05) is 47.0 Å². The van der Waals surface area contributed by atoms with Crippen molar-refractivity contribution in [2.24, 2.45) is 0 Å². The largest absolute Gasteiger partial charge is 0.311 e. The number of anilines is 9. The van der Waals surface area contributed by atoms with Gasteiger partial charge in [-0.2, -0.15) is 0 Å². The van der Waals surface area contributed by atoms with Crippen molar-refractivity contribution in [3.05, 3.63) is 525 Å². The van der Waals surface area contributed by atoms with Gasteiger partial charge in [0.2, 0.25) is 13.4 Å². The lowest BCUT2D eigenvalue weighted by atomic mass is 9.36. The van der Waals surface area contributed by atoms with Crippen molar-refractivity contribution < 1.29 is 0 Å². The van der Waals surface area contributed by atoms with Gasteiger partial charge in [0.1, 0.15) is 0 Å². The van der Waals surface area contributed by atoms with Crippen LogP contribution in [0.15, 0.2) is 550 Å². The first-order valence-electron chi connectivity index (χ1n) is 51.4. The van der Waals surface area contributed by atoms with E-state index in [4.69, 9.17) is 0 Å². The monoisotopic (exact) mass is 1980 g/mol. The summed E-state index contributed by atoms with van der Waals surface area (Å²) < 4.78 is 5.00. The molecule has 3 aliphatic carbocycles. The molecule has 9 heterocycles. The summed E-state index contributed by atoms with van der Waals surface area (Å²) in [5, 5.41) is 10.4. The highest BCUT2D eigenvalue weighted by molar-refractivity contribution is 8.34. The second-order valence-electron chi connectivity index (χ2n) is 40.9. The summed E-state index contributed by atoms with van der Waals surface area (Å²) >= 11 is 7.76. The van der Waals surface area contributed by atoms with Gasteiger partial charge in [0.05, 0.1) is 39.1 Å². The molecule has 7 aliphatic heterocycles. The number of nitrogens with zero attached hydrogens (tertiary/aromatic N) is 5. The lowest BCUT2D eigenvalue weighted by Gasteiger charge is -2.58. The summed E-state index contributed by atoms with van der Waals surface area (Å²) in [7, 11) is -5.85. The van der Waals surface area contributed by atoms with Crippen LogP contribution < -0.4 is 68.2 Å². The third-order valence-corrected chi connectivity index (χ3v) is 47.8. The zero-order valence-corrected chi connectivity index (χ0v) is 84.9. The molecule has 10 aliphatic rings. The minimum atomic E-state index is -3.44. The Hall–Kier alpha value is -16.1. The molecule has 34 rings (SSSR count). The normalized spacial score (nSPS) is 17.8. The second kappa shape index (κ2) is 31.0. The molecule has 0 radical (unpaired) electrons. The van der Waals surface area contributed by atoms with Crippen LogP contribution in [-0.2, 0) is 5.41 Å². The van der Waals surface area contributed by atoms with Crippen LogP contribution in [0.5, 0.6) is 0 Å². The average molecular weight is 1990 g/mol. The molecular weight excluding hydrogens is 1900 g/mol. The molecule has 0 bridgehead atoms. The Morgan fingerprint density at radius 3 is 1.34 bits per heavy atom. The fraction of sp³-hybridized carbons (Fsp3) is 0.0222. The summed E-state index contributed by atoms with van der Waals surface area (Å²) in [4.78, 5) is 23.7. The molecule has 688 valence electrons. The van der Waals surface area contributed by atoms with Crippen molar-refractivity contribution in [3.63, 3.8) is 0 Å². The Morgan fingerprint density at radius 2 is 0.682 bits per heavy atom. The van der Waals surface area contributed by atoms with E-state index in [0.29, 0.717) is 0 Å². The molecule has 4 atom stereocenters. The summed E-state index contributed by atoms with van der Waals surface area (Å²) in [6.45, 7) is 0.0771. The number of benzene rings is 22. The highest BCUT2D eigenvalue weighted by Gasteiger charge is 2.70. The van der Waals surface area contributed by atoms with Crippen LogP contribution in [0.2, 0.25) is 0 Å². The van der Waals surface area contributed by atoms with Crippen LogP contribution in [0.1, 0.15) is 45.2 Å². The van der Waals surface area contributed by atoms with Crippen molar-refractivity contribution in [2.75, 3.05) is 14.7 Å². The van der Waals surface area contributed by atoms with Crippen LogP contribution in [0.4, 0.5) is 51.2 Å². The molecule has 2 aromatic heterocycles. The first-order chi connectivity index (χ1) is 73.4. The number of rotatable bonds is 9. The predicted molar refractivity (Wildman–Crippen MR) is 623 cm³/mol. The van der Waals surface area contributed by atoms with Crippen molar-refractivity contribution in [1.82, 2.24) is 9.13 Å². The minimum absolute atomic E-state index is 0.00949. The number of hydrogen-bond donors (Lipinski definition) is 0. The zero-order chi connectivity index (χ0) is 96.2. The van der Waals surface area contributed by atoms with Crippen molar-refractivity contribution >= 4 is 227 Å². The Labute approximate surface area is 877 Å². The first-order valence-corrected chi connectivity index (χ1v) is 58.2. The highest BCUT2D eigenvalue weighted by Crippen LogP contribution is 2.82. The van der Waals surface area contributed by atoms with Gasteiger partial charge >= 0.3 is 0 Å². The maximum absolute atomic E-state index is 3.44. The van der Waals surface area contributed by atoms with Crippen molar-refractivity contribution in [1.29, 1.82) is 0 Å². The number of para-hydroxylation sites is 8. The van der Waals surface area contributed by atoms with Crippen molar-refractivity contribution in [2.45, 2.75) is 76.0 Å². The Balaban J connectivity index is 0.527. The van der Waals surface area contributed by atoms with Gasteiger partial charge in [-0.1, -0.05) is 384 Å². The van der Waals surface area contributed by atoms with E-state index in [9.17, 15) is 0 Å². The lowest BCUT2D eigenvalue weighted by Crippen LogP contribution is -2.79. The van der Waals surface area contributed by atoms with E-state index in [2.05, 4.69) is 515 Å². The number of hydrogen-bond acceptors (Lipinski definition) is 7. The van der Waals surface area contributed by atoms with Gasteiger partial charge in [-0.05, 0) is 263 Å². The van der Waals surface area contributed by atoms with E-state index in [0.717, 1.165) is 22.7 Å². The molecule has 5 nitrogen and oxygen atoms in total. The van der Waals surface area contributed by atoms with Gasteiger partial charge in [-0.15, -0.1) is 10.0 Å². The van der Waals surface area contributed by atoms with Crippen LogP contribution in [0, 0.1) is 0 Å². The van der Waals surface area contributed by atoms with Gasteiger partial charge in [0.15, 0.2) is 8.07 Å². The van der Waals surface area contributed by atoms with Crippen molar-refractivity contribution in [3.8, 4) is 33.6 Å². The maximum Gasteiger partial charge on any atom is 0.247 e. The SMILES string of the molecule is c1ccc(N2c3cc(-n4c5ccccc5c5ccccc54)ccc3[Si]3(c4ccccc4N(c4ccc5c(c4)Sc4cccc6c4B5c4ccc(-c5cccc(S7(c8ccccc8)c8ccccc8N(c8cccc9c8Sc8cccc%10c8B9c8ccccc8S%10)c8ccc(-c9cccc%10c9C9c%11ccccc%11C9%11c9ccccc9C%10%11)cc87)c5)cc4S6)c4ccccc43)c3ccc(-n4c5ccccc5c5ccccc54)cc32)cc1. The molecule has 13 heteroatoms. The minimum Gasteiger partial charge on any atom is -0.311 e. The molecule has 0 saturated heterocycles. The maximum atomic E-state index is 2.69. The second-order valence-corrected chi connectivity index (χ2v) is 51.9. The summed E-state index contributed by atoms with van der Waals surface area (Å²) in [6, 6.07) is 191. The van der Waals surface area contributed by atoms with Crippen LogP contribution >= 0.6 is 57.1 Å². The zero-order valence-electron chi connectivity index (χ0n) is 79.9. The Bertz CT molecular complexity index is 9710. The molecular formula is C135H83B2N5S5Si. The molecule has 0 N–H and O–H groups in total. The lowest BCUT2D eigenvalue weighted by molar-refractivity contribution is 0.333. The fourth-order valence-electron chi connectivity index (χ4n) is 28.6. The molecule has 22 aromatic carbocycles. The third kappa shape index (κ3) is 10.9. The van der Waals surface area contributed by atoms with E-state index < -0.39 is 18.1 Å². The molecule has 0 saturated carbocycles. The van der Waals surface area contributed by atoms with Gasteiger partial charge in [0, 0.05) is 143 Å². The molecule has 4 unspecified atom stereocenters. The predicted octanol–water partition coefficient (Wildman–Crippen LogP) is 29.1. The average Bonchev–Trinajstić information content (AvgIpc) is 1.45. The third-order valence-electron chi connectivity index (χ3n) is 34.2. The molecule has 24 aromatic rings. The van der Waals surface area contributed by atoms with E-state index in [1.165, 1.54) is 251 Å². The van der Waals surface area contributed by atoms with Crippen LogP contribution in [0.25, 0.3) is 77.2 Å². The standard InChI is InChI=1S/C135H83B2N5S5Si/c1-3-33-85(34-4-1)138-114-79-86(139-105-50-16-9-38-92(105)93-39-10-17-51-106(93)139)69-74-127(114)148(128-75-70-87(80-115(128)138)140-107-52-18-11-40-94(107)95-41-12-19-53-108(95)140)125-64-25-21-55-111(125)141(112-56-22-26-65-126(112)148)88-68-72-103-122(81-88)145-119-61-30-60-118-132(119)136(103)102-71-66-83(77-121(102)144-118)82-32-27-37-90(76-82)147(89-35-5-2-6-36-89)123-63-24-20-54-109(123)142(113-57-29-49-104-134(113)146-120-62-31-59-117-133(120)137(104)101-48-15-23-58-116(101)143-117)110-73-67-84(78-124(110)147)91-44-28-45-98-129(91)131-97-43-8-14-47-100(97)135(131)99-46-13-7-42-96(99)130(98)135/h1-81,130-131H. The van der Waals surface area contributed by atoms with Gasteiger partial charge in [-0.25, -0.2) is 0 Å². The Kier molecular flexibility index (Phi) is 17.4. The summed E-state index contributed by atoms with van der Waals surface area (Å²) in [5.74, 6) is 0.521. The first kappa shape index (κ1) is 83.1. The summed E-state index contributed by atoms with van der Waals surface area (Å²) in [6.07, 6.45) is 0. The number of aromatic nitrogens is 2. The van der Waals surface area contributed by atoms with Crippen LogP contribution in [0.3, 0.4) is 0 Å². The van der Waals surface area contributed by atoms with E-state index in [1.54, 1.807) is 0 Å². The molecule has 148 heavy (non-hydrogen) atoms. The quantitative estimate of drug-likeness (QED) is 0.132. The van der Waals surface area contributed by atoms with Gasteiger partial charge < -0.3 is 23.8 Å². The van der Waals surface area contributed by atoms with E-state index in [-0.39, 0.29) is 30.7 Å². The topological polar surface area (TPSA) is 19.6 Å². The molecule has 0 fully saturated rings. The molecule has 0 amide bonds. The summed E-state index contributed by atoms with van der Waals surface area (Å²) in [5.41, 5.74) is 39.6. The smallest absolute Gasteiger partial charge is 0.247 e. The van der Waals surface area contributed by atoms with E-state index >= 15 is 0 Å². The van der Waals surface area contributed by atoms with Gasteiger partial charge in [-0.3, -0.25) is 0 Å². The van der Waals surface area contributed by atoms with Crippen LogP contribution in [-0.4, -0.2) is 30.6 Å². The fourth-order valence-corrected chi connectivity index (χ4v) is 43.2. The Morgan fingerprint density at radius 1 is 0.243 bits per heavy atom. The number of fused-ring (bicyclic) bond motifs is 31. The highest BCUT2D eigenvalue weighted by atomic mass is 32.3. The van der Waals surface area contributed by atoms with Gasteiger partial charge in [0.25, 0.3) is 0 Å². The molecule has 2 spiro atoms.